The number of likely N-dealkylation sites (tertiary alicyclic amines) is 1. The maximum atomic E-state index is 12.6. The van der Waals surface area contributed by atoms with Gasteiger partial charge in [-0.05, 0) is 25.2 Å². The Morgan fingerprint density at radius 1 is 1.38 bits per heavy atom. The summed E-state index contributed by atoms with van der Waals surface area (Å²) in [6.45, 7) is 5.33. The van der Waals surface area contributed by atoms with Gasteiger partial charge in [0.25, 0.3) is 0 Å². The summed E-state index contributed by atoms with van der Waals surface area (Å²) in [6, 6.07) is 0. The quantitative estimate of drug-likeness (QED) is 0.808. The highest BCUT2D eigenvalue weighted by atomic mass is 16.2. The number of rotatable bonds is 3. The molecule has 1 aromatic heterocycles. The lowest BCUT2D eigenvalue weighted by atomic mass is 9.92. The molecule has 2 aliphatic heterocycles. The Hall–Kier alpha value is -1.89. The topological polar surface area (TPSA) is 61.7 Å². The van der Waals surface area contributed by atoms with Gasteiger partial charge in [0.1, 0.15) is 6.54 Å². The molecule has 1 atom stereocenters. The van der Waals surface area contributed by atoms with Crippen molar-refractivity contribution in [3.63, 3.8) is 0 Å². The molecule has 3 fully saturated rings. The van der Waals surface area contributed by atoms with E-state index in [0.717, 1.165) is 37.7 Å². The number of nitrogens with zero attached hydrogens (tertiary/aromatic N) is 5. The molecule has 130 valence electrons. The average Bonchev–Trinajstić information content (AvgIpc) is 3.10. The molecule has 0 N–H and O–H groups in total. The van der Waals surface area contributed by atoms with Crippen LogP contribution in [0.4, 0.5) is 5.69 Å². The summed E-state index contributed by atoms with van der Waals surface area (Å²) in [5.41, 5.74) is 0.565. The Morgan fingerprint density at radius 3 is 2.79 bits per heavy atom. The molecule has 1 aliphatic carbocycles. The zero-order chi connectivity index (χ0) is 16.9. The normalized spacial score (nSPS) is 28.2. The molecule has 2 saturated heterocycles. The third kappa shape index (κ3) is 2.70. The first kappa shape index (κ1) is 15.6. The Bertz CT molecular complexity index is 668. The third-order valence-corrected chi connectivity index (χ3v) is 5.63. The van der Waals surface area contributed by atoms with E-state index in [0.29, 0.717) is 6.54 Å². The molecular weight excluding hydrogens is 306 g/mol. The zero-order valence-electron chi connectivity index (χ0n) is 14.4. The number of carbonyl (C=O) groups is 2. The van der Waals surface area contributed by atoms with Crippen molar-refractivity contribution in [3.05, 3.63) is 12.4 Å². The van der Waals surface area contributed by atoms with Gasteiger partial charge in [0.05, 0.1) is 24.0 Å². The minimum atomic E-state index is -0.259. The van der Waals surface area contributed by atoms with Crippen LogP contribution in [0.15, 0.2) is 12.4 Å². The summed E-state index contributed by atoms with van der Waals surface area (Å²) >= 11 is 0. The summed E-state index contributed by atoms with van der Waals surface area (Å²) in [5.74, 6) is 0.817. The smallest absolute Gasteiger partial charge is 0.246 e. The number of piperazine rings is 1. The van der Waals surface area contributed by atoms with Crippen LogP contribution < -0.4 is 4.90 Å². The number of carbonyl (C=O) groups excluding carboxylic acids is 2. The number of hydrogen-bond acceptors (Lipinski definition) is 4. The van der Waals surface area contributed by atoms with E-state index in [1.807, 2.05) is 23.0 Å². The highest BCUT2D eigenvalue weighted by Gasteiger charge is 2.50. The van der Waals surface area contributed by atoms with Gasteiger partial charge in [-0.25, -0.2) is 0 Å². The van der Waals surface area contributed by atoms with E-state index in [1.165, 1.54) is 12.8 Å². The molecule has 1 saturated carbocycles. The number of amides is 2. The van der Waals surface area contributed by atoms with E-state index in [4.69, 9.17) is 0 Å². The molecular formula is C17H25N5O2. The SMILES string of the molecule is CC(=O)N1CC(=O)N(c2cnn(C)c2)C[C@@]12CCN(CC1CC1)C2. The molecule has 3 heterocycles. The van der Waals surface area contributed by atoms with Crippen LogP contribution in [0.2, 0.25) is 0 Å². The fourth-order valence-electron chi connectivity index (χ4n) is 4.20. The van der Waals surface area contributed by atoms with Gasteiger partial charge in [0, 0.05) is 39.8 Å². The fraction of sp³-hybridized carbons (Fsp3) is 0.706. The van der Waals surface area contributed by atoms with Crippen LogP contribution in [-0.2, 0) is 16.6 Å². The van der Waals surface area contributed by atoms with Crippen LogP contribution in [0, 0.1) is 5.92 Å². The zero-order valence-corrected chi connectivity index (χ0v) is 14.4. The summed E-state index contributed by atoms with van der Waals surface area (Å²) < 4.78 is 1.71. The van der Waals surface area contributed by atoms with Crippen molar-refractivity contribution in [1.29, 1.82) is 0 Å². The van der Waals surface area contributed by atoms with Gasteiger partial charge in [-0.1, -0.05) is 0 Å². The van der Waals surface area contributed by atoms with Crippen LogP contribution in [-0.4, -0.2) is 69.7 Å². The molecule has 4 rings (SSSR count). The van der Waals surface area contributed by atoms with E-state index in [2.05, 4.69) is 10.00 Å². The second kappa shape index (κ2) is 5.58. The van der Waals surface area contributed by atoms with Crippen molar-refractivity contribution >= 4 is 17.5 Å². The molecule has 3 aliphatic rings. The van der Waals surface area contributed by atoms with Crippen molar-refractivity contribution < 1.29 is 9.59 Å². The Balaban J connectivity index is 1.59. The lowest BCUT2D eigenvalue weighted by Gasteiger charge is -2.48. The first-order valence-electron chi connectivity index (χ1n) is 8.76. The third-order valence-electron chi connectivity index (χ3n) is 5.63. The average molecular weight is 331 g/mol. The van der Waals surface area contributed by atoms with Crippen molar-refractivity contribution in [1.82, 2.24) is 19.6 Å². The molecule has 1 spiro atoms. The molecule has 2 amide bonds. The standard InChI is InChI=1S/C17H25N5O2/c1-13(23)22-10-16(24)21(15-7-18-19(2)9-15)12-17(22)5-6-20(11-17)8-14-3-4-14/h7,9,14H,3-6,8,10-12H2,1-2H3/t17-/m0/s1. The molecule has 0 bridgehead atoms. The van der Waals surface area contributed by atoms with Gasteiger partial charge in [-0.2, -0.15) is 5.10 Å². The summed E-state index contributed by atoms with van der Waals surface area (Å²) in [6.07, 6.45) is 7.20. The molecule has 1 aromatic rings. The van der Waals surface area contributed by atoms with E-state index >= 15 is 0 Å². The molecule has 0 aromatic carbocycles. The first-order valence-corrected chi connectivity index (χ1v) is 8.76. The van der Waals surface area contributed by atoms with Gasteiger partial charge < -0.3 is 14.7 Å². The predicted octanol–water partition coefficient (Wildman–Crippen LogP) is 0.470. The fourth-order valence-corrected chi connectivity index (χ4v) is 4.20. The van der Waals surface area contributed by atoms with Crippen molar-refractivity contribution in [2.24, 2.45) is 13.0 Å². The van der Waals surface area contributed by atoms with Crippen molar-refractivity contribution in [2.45, 2.75) is 31.7 Å². The van der Waals surface area contributed by atoms with E-state index < -0.39 is 0 Å². The van der Waals surface area contributed by atoms with Crippen LogP contribution in [0.25, 0.3) is 0 Å². The Kier molecular flexibility index (Phi) is 3.63. The van der Waals surface area contributed by atoms with Gasteiger partial charge >= 0.3 is 0 Å². The van der Waals surface area contributed by atoms with Crippen LogP contribution in [0.5, 0.6) is 0 Å². The summed E-state index contributed by atoms with van der Waals surface area (Å²) in [4.78, 5) is 30.9. The van der Waals surface area contributed by atoms with Gasteiger partial charge in [-0.3, -0.25) is 14.3 Å². The maximum absolute atomic E-state index is 12.6. The number of aryl methyl sites for hydroxylation is 1. The largest absolute Gasteiger partial charge is 0.325 e. The molecule has 7 heteroatoms. The lowest BCUT2D eigenvalue weighted by molar-refractivity contribution is -0.142. The van der Waals surface area contributed by atoms with Crippen LogP contribution in [0.1, 0.15) is 26.2 Å². The van der Waals surface area contributed by atoms with Gasteiger partial charge in [0.15, 0.2) is 0 Å². The highest BCUT2D eigenvalue weighted by Crippen LogP contribution is 2.37. The Labute approximate surface area is 142 Å². The second-order valence-corrected chi connectivity index (χ2v) is 7.61. The molecule has 7 nitrogen and oxygen atoms in total. The van der Waals surface area contributed by atoms with E-state index in [-0.39, 0.29) is 23.9 Å². The Morgan fingerprint density at radius 2 is 2.17 bits per heavy atom. The highest BCUT2D eigenvalue weighted by molar-refractivity contribution is 5.98. The van der Waals surface area contributed by atoms with E-state index in [1.54, 1.807) is 17.8 Å². The minimum absolute atomic E-state index is 0.00228. The maximum Gasteiger partial charge on any atom is 0.246 e. The number of anilines is 1. The van der Waals surface area contributed by atoms with Crippen LogP contribution >= 0.6 is 0 Å². The molecule has 0 unspecified atom stereocenters. The van der Waals surface area contributed by atoms with Crippen molar-refractivity contribution in [3.8, 4) is 0 Å². The predicted molar refractivity (Wildman–Crippen MR) is 89.5 cm³/mol. The van der Waals surface area contributed by atoms with Crippen molar-refractivity contribution in [2.75, 3.05) is 37.6 Å². The monoisotopic (exact) mass is 331 g/mol. The van der Waals surface area contributed by atoms with Gasteiger partial charge in [-0.15, -0.1) is 0 Å². The molecule has 0 radical (unpaired) electrons. The summed E-state index contributed by atoms with van der Waals surface area (Å²) in [5, 5.41) is 4.19. The minimum Gasteiger partial charge on any atom is -0.325 e. The van der Waals surface area contributed by atoms with Gasteiger partial charge in [0.2, 0.25) is 11.8 Å². The van der Waals surface area contributed by atoms with E-state index in [9.17, 15) is 9.59 Å². The van der Waals surface area contributed by atoms with Crippen LogP contribution in [0.3, 0.4) is 0 Å². The number of aromatic nitrogens is 2. The first-order chi connectivity index (χ1) is 11.5. The lowest BCUT2D eigenvalue weighted by Crippen LogP contribution is -2.66. The second-order valence-electron chi connectivity index (χ2n) is 7.61. The number of hydrogen-bond donors (Lipinski definition) is 0. The summed E-state index contributed by atoms with van der Waals surface area (Å²) in [7, 11) is 1.85. The molecule has 24 heavy (non-hydrogen) atoms.